The smallest absolute Gasteiger partial charge is 0.0997 e. The van der Waals surface area contributed by atoms with Gasteiger partial charge in [-0.05, 0) is 18.6 Å². The zero-order valence-corrected chi connectivity index (χ0v) is 8.77. The van der Waals surface area contributed by atoms with Gasteiger partial charge < -0.3 is 0 Å². The number of hydrogen-bond donors (Lipinski definition) is 1. The summed E-state index contributed by atoms with van der Waals surface area (Å²) in [6.45, 7) is 1.98. The molecular weight excluding hydrogens is 190 g/mol. The van der Waals surface area contributed by atoms with Crippen LogP contribution in [0.25, 0.3) is 5.57 Å². The number of nitrogens with one attached hydrogen (secondary N) is 1. The summed E-state index contributed by atoms with van der Waals surface area (Å²) in [6, 6.07) is 8.16. The lowest BCUT2D eigenvalue weighted by molar-refractivity contribution is 1.43. The van der Waals surface area contributed by atoms with Crippen LogP contribution in [0.5, 0.6) is 0 Å². The molecule has 1 heterocycles. The Balaban J connectivity index is 2.49. The van der Waals surface area contributed by atoms with Gasteiger partial charge in [0.1, 0.15) is 0 Å². The van der Waals surface area contributed by atoms with E-state index in [1.807, 2.05) is 37.3 Å². The summed E-state index contributed by atoms with van der Waals surface area (Å²) >= 11 is 1.53. The predicted octanol–water partition coefficient (Wildman–Crippen LogP) is 3.73. The lowest BCUT2D eigenvalue weighted by Crippen LogP contribution is -1.85. The van der Waals surface area contributed by atoms with Gasteiger partial charge in [-0.3, -0.25) is 5.41 Å². The molecule has 0 radical (unpaired) electrons. The zero-order chi connectivity index (χ0) is 9.97. The molecule has 1 aliphatic rings. The molecule has 0 bridgehead atoms. The van der Waals surface area contributed by atoms with Gasteiger partial charge in [-0.2, -0.15) is 0 Å². The summed E-state index contributed by atoms with van der Waals surface area (Å²) in [5, 5.41) is 8.47. The van der Waals surface area contributed by atoms with Crippen molar-refractivity contribution in [2.24, 2.45) is 0 Å². The Bertz CT molecular complexity index is 430. The van der Waals surface area contributed by atoms with E-state index in [9.17, 15) is 0 Å². The largest absolute Gasteiger partial charge is 0.293 e. The van der Waals surface area contributed by atoms with Crippen LogP contribution < -0.4 is 0 Å². The third-order valence-corrected chi connectivity index (χ3v) is 3.09. The Kier molecular flexibility index (Phi) is 2.55. The average Bonchev–Trinajstić information content (AvgIpc) is 2.51. The summed E-state index contributed by atoms with van der Waals surface area (Å²) < 4.78 is 0. The molecule has 1 aromatic carbocycles. The molecule has 1 aliphatic heterocycles. The fraction of sp³-hybridized carbons (Fsp3) is 0.0833. The molecular formula is C12H11NS. The van der Waals surface area contributed by atoms with E-state index >= 15 is 0 Å². The third-order valence-electron chi connectivity index (χ3n) is 2.09. The van der Waals surface area contributed by atoms with Gasteiger partial charge in [0.25, 0.3) is 0 Å². The van der Waals surface area contributed by atoms with Crippen LogP contribution in [0.3, 0.4) is 0 Å². The molecule has 14 heavy (non-hydrogen) atoms. The van der Waals surface area contributed by atoms with Crippen molar-refractivity contribution in [3.8, 4) is 0 Å². The molecule has 1 aromatic rings. The van der Waals surface area contributed by atoms with Crippen molar-refractivity contribution >= 4 is 22.4 Å². The van der Waals surface area contributed by atoms with E-state index in [1.165, 1.54) is 22.2 Å². The van der Waals surface area contributed by atoms with Crippen LogP contribution in [0.4, 0.5) is 0 Å². The molecule has 0 aromatic heterocycles. The molecule has 0 saturated heterocycles. The van der Waals surface area contributed by atoms with Gasteiger partial charge in [0.05, 0.1) is 5.04 Å². The van der Waals surface area contributed by atoms with Crippen LogP contribution in [0.2, 0.25) is 0 Å². The summed E-state index contributed by atoms with van der Waals surface area (Å²) in [5.41, 5.74) is 2.21. The Morgan fingerprint density at radius 1 is 1.29 bits per heavy atom. The van der Waals surface area contributed by atoms with Crippen molar-refractivity contribution in [2.45, 2.75) is 11.8 Å². The van der Waals surface area contributed by atoms with Gasteiger partial charge in [-0.15, -0.1) is 0 Å². The molecule has 0 spiro atoms. The molecule has 70 valence electrons. The van der Waals surface area contributed by atoms with Crippen LogP contribution in [0, 0.1) is 5.41 Å². The fourth-order valence-electron chi connectivity index (χ4n) is 1.42. The Morgan fingerprint density at radius 3 is 2.86 bits per heavy atom. The minimum Gasteiger partial charge on any atom is -0.293 e. The monoisotopic (exact) mass is 201 g/mol. The highest BCUT2D eigenvalue weighted by Gasteiger charge is 2.20. The highest BCUT2D eigenvalue weighted by Crippen LogP contribution is 2.40. The van der Waals surface area contributed by atoms with Gasteiger partial charge in [-0.25, -0.2) is 0 Å². The van der Waals surface area contributed by atoms with E-state index in [-0.39, 0.29) is 0 Å². The molecule has 1 N–H and O–H groups in total. The Hall–Kier alpha value is -1.28. The number of hydrogen-bond acceptors (Lipinski definition) is 2. The number of thioether (sulfide) groups is 1. The second-order valence-electron chi connectivity index (χ2n) is 3.03. The molecule has 0 saturated carbocycles. The van der Waals surface area contributed by atoms with Crippen LogP contribution in [-0.2, 0) is 0 Å². The molecule has 2 heteroatoms. The summed E-state index contributed by atoms with van der Waals surface area (Å²) in [7, 11) is 0. The molecule has 0 amide bonds. The lowest BCUT2D eigenvalue weighted by atomic mass is 10.1. The minimum atomic E-state index is 0.643. The zero-order valence-electron chi connectivity index (χ0n) is 7.95. The summed E-state index contributed by atoms with van der Waals surface area (Å²) in [5.74, 6) is 0. The van der Waals surface area contributed by atoms with Gasteiger partial charge in [0.15, 0.2) is 0 Å². The van der Waals surface area contributed by atoms with Crippen LogP contribution in [-0.4, -0.2) is 5.04 Å². The Morgan fingerprint density at radius 2 is 2.07 bits per heavy atom. The first kappa shape index (κ1) is 9.28. The lowest BCUT2D eigenvalue weighted by Gasteiger charge is -1.96. The van der Waals surface area contributed by atoms with Crippen molar-refractivity contribution in [3.63, 3.8) is 0 Å². The highest BCUT2D eigenvalue weighted by atomic mass is 32.2. The van der Waals surface area contributed by atoms with Crippen LogP contribution >= 0.6 is 11.8 Å². The van der Waals surface area contributed by atoms with E-state index < -0.39 is 0 Å². The van der Waals surface area contributed by atoms with Crippen molar-refractivity contribution in [1.82, 2.24) is 0 Å². The third kappa shape index (κ3) is 1.53. The molecule has 0 fully saturated rings. The van der Waals surface area contributed by atoms with Crippen molar-refractivity contribution in [3.05, 3.63) is 48.1 Å². The van der Waals surface area contributed by atoms with E-state index in [4.69, 9.17) is 5.41 Å². The first-order valence-electron chi connectivity index (χ1n) is 4.52. The molecule has 0 unspecified atom stereocenters. The second kappa shape index (κ2) is 3.84. The topological polar surface area (TPSA) is 23.9 Å². The number of fused-ring (bicyclic) bond motifs is 1. The van der Waals surface area contributed by atoms with E-state index in [1.54, 1.807) is 0 Å². The fourth-order valence-corrected chi connectivity index (χ4v) is 2.37. The predicted molar refractivity (Wildman–Crippen MR) is 62.8 cm³/mol. The standard InChI is InChI=1S/C12H11NS/c1-2-3-6-10-9-7-4-5-8-11(9)14-12(10)13/h2-8,13H,1H3/b3-2-,10-6-,13-12?. The second-order valence-corrected chi connectivity index (χ2v) is 4.09. The first-order valence-corrected chi connectivity index (χ1v) is 5.33. The van der Waals surface area contributed by atoms with Gasteiger partial charge in [0.2, 0.25) is 0 Å². The maximum atomic E-state index is 7.83. The minimum absolute atomic E-state index is 0.643. The van der Waals surface area contributed by atoms with E-state index in [0.717, 1.165) is 5.57 Å². The van der Waals surface area contributed by atoms with Crippen LogP contribution in [0.15, 0.2) is 47.4 Å². The van der Waals surface area contributed by atoms with Crippen molar-refractivity contribution in [1.29, 1.82) is 5.41 Å². The number of rotatable bonds is 1. The summed E-state index contributed by atoms with van der Waals surface area (Å²) in [6.07, 6.45) is 5.96. The maximum Gasteiger partial charge on any atom is 0.0997 e. The quantitative estimate of drug-likeness (QED) is 0.735. The number of allylic oxidation sites excluding steroid dienone is 3. The van der Waals surface area contributed by atoms with E-state index in [2.05, 4.69) is 12.1 Å². The first-order chi connectivity index (χ1) is 6.83. The van der Waals surface area contributed by atoms with Gasteiger partial charge >= 0.3 is 0 Å². The van der Waals surface area contributed by atoms with Gasteiger partial charge in [-0.1, -0.05) is 48.2 Å². The molecule has 0 aliphatic carbocycles. The van der Waals surface area contributed by atoms with Crippen LogP contribution in [0.1, 0.15) is 12.5 Å². The SMILES string of the molecule is C/C=C\C=C1/C(=N)Sc2ccccc21. The normalized spacial score (nSPS) is 18.1. The maximum absolute atomic E-state index is 7.83. The highest BCUT2D eigenvalue weighted by molar-refractivity contribution is 8.15. The summed E-state index contributed by atoms with van der Waals surface area (Å²) in [4.78, 5) is 1.19. The molecule has 0 atom stereocenters. The van der Waals surface area contributed by atoms with Crippen molar-refractivity contribution in [2.75, 3.05) is 0 Å². The molecule has 2 rings (SSSR count). The molecule has 1 nitrogen and oxygen atoms in total. The Labute approximate surface area is 88.0 Å². The van der Waals surface area contributed by atoms with E-state index in [0.29, 0.717) is 5.04 Å². The van der Waals surface area contributed by atoms with Crippen molar-refractivity contribution < 1.29 is 0 Å². The van der Waals surface area contributed by atoms with Gasteiger partial charge in [0, 0.05) is 10.5 Å². The average molecular weight is 201 g/mol. The number of benzene rings is 1.